The molecule has 0 aliphatic carbocycles. The fraction of sp³-hybridized carbons (Fsp3) is 0.310. The molecule has 0 saturated heterocycles. The second-order valence-electron chi connectivity index (χ2n) is 9.53. The predicted octanol–water partition coefficient (Wildman–Crippen LogP) is 6.32. The van der Waals surface area contributed by atoms with E-state index >= 15 is 0 Å². The lowest BCUT2D eigenvalue weighted by atomic mass is 10.0. The van der Waals surface area contributed by atoms with E-state index in [1.165, 1.54) is 5.56 Å². The number of hydrogen-bond acceptors (Lipinski definition) is 6. The van der Waals surface area contributed by atoms with Gasteiger partial charge in [0.15, 0.2) is 0 Å². The van der Waals surface area contributed by atoms with E-state index in [-0.39, 0.29) is 0 Å². The molecule has 1 aromatic heterocycles. The first kappa shape index (κ1) is 25.3. The topological polar surface area (TPSA) is 112 Å². The molecule has 0 saturated carbocycles. The summed E-state index contributed by atoms with van der Waals surface area (Å²) in [6.45, 7) is 2.62. The highest BCUT2D eigenvalue weighted by molar-refractivity contribution is 6.06. The van der Waals surface area contributed by atoms with E-state index in [4.69, 9.17) is 25.0 Å². The Morgan fingerprint density at radius 3 is 2.47 bits per heavy atom. The first-order valence-corrected chi connectivity index (χ1v) is 12.8. The Morgan fingerprint density at radius 2 is 1.68 bits per heavy atom. The van der Waals surface area contributed by atoms with Gasteiger partial charge in [-0.15, -0.1) is 0 Å². The van der Waals surface area contributed by atoms with Gasteiger partial charge in [0.05, 0.1) is 35.6 Å². The number of nitrogens with zero attached hydrogens (tertiary/aromatic N) is 6. The van der Waals surface area contributed by atoms with E-state index in [0.29, 0.717) is 26.2 Å². The lowest BCUT2D eigenvalue weighted by Crippen LogP contribution is -2.15. The SMILES string of the molecule is CN(C)CCCOc1ccc2c(c1)N=C(c1ccc(-c3nc4ccc(OCCCN=[N+]=[N-])cc4[nH]3)cc1)C2. The molecule has 1 aliphatic heterocycles. The molecule has 5 rings (SSSR count). The Hall–Kier alpha value is -4.33. The molecule has 0 amide bonds. The molecule has 2 heterocycles. The van der Waals surface area contributed by atoms with Crippen molar-refractivity contribution in [3.05, 3.63) is 82.2 Å². The molecule has 0 bridgehead atoms. The minimum Gasteiger partial charge on any atom is -0.494 e. The average Bonchev–Trinajstić information content (AvgIpc) is 3.55. The first-order valence-electron chi connectivity index (χ1n) is 12.8. The number of fused-ring (bicyclic) bond motifs is 2. The summed E-state index contributed by atoms with van der Waals surface area (Å²) in [5, 5.41) is 3.52. The highest BCUT2D eigenvalue weighted by Gasteiger charge is 2.17. The van der Waals surface area contributed by atoms with Crippen molar-refractivity contribution in [2.75, 3.05) is 40.4 Å². The van der Waals surface area contributed by atoms with E-state index < -0.39 is 0 Å². The fourth-order valence-electron chi connectivity index (χ4n) is 4.40. The molecule has 194 valence electrons. The van der Waals surface area contributed by atoms with Gasteiger partial charge in [-0.05, 0) is 61.8 Å². The molecular formula is C29H31N7O2. The number of azide groups is 1. The molecule has 3 aromatic carbocycles. The van der Waals surface area contributed by atoms with Crippen LogP contribution >= 0.6 is 0 Å². The molecule has 0 fully saturated rings. The molecule has 0 unspecified atom stereocenters. The maximum absolute atomic E-state index is 8.35. The summed E-state index contributed by atoms with van der Waals surface area (Å²) in [6.07, 6.45) is 2.47. The molecule has 1 aliphatic rings. The second-order valence-corrected chi connectivity index (χ2v) is 9.53. The van der Waals surface area contributed by atoms with E-state index in [0.717, 1.165) is 70.3 Å². The zero-order valence-corrected chi connectivity index (χ0v) is 21.7. The zero-order valence-electron chi connectivity index (χ0n) is 21.7. The van der Waals surface area contributed by atoms with Crippen LogP contribution in [0.5, 0.6) is 11.5 Å². The van der Waals surface area contributed by atoms with Gasteiger partial charge >= 0.3 is 0 Å². The number of aliphatic imine (C=N–C) groups is 1. The summed E-state index contributed by atoms with van der Waals surface area (Å²) in [5.74, 6) is 2.43. The summed E-state index contributed by atoms with van der Waals surface area (Å²) >= 11 is 0. The summed E-state index contributed by atoms with van der Waals surface area (Å²) < 4.78 is 11.7. The molecule has 38 heavy (non-hydrogen) atoms. The lowest BCUT2D eigenvalue weighted by molar-refractivity contribution is 0.281. The molecule has 9 nitrogen and oxygen atoms in total. The maximum Gasteiger partial charge on any atom is 0.138 e. The Bertz CT molecular complexity index is 1480. The predicted molar refractivity (Wildman–Crippen MR) is 151 cm³/mol. The van der Waals surface area contributed by atoms with E-state index in [2.05, 4.69) is 64.3 Å². The van der Waals surface area contributed by atoms with Crippen LogP contribution in [0.1, 0.15) is 24.0 Å². The highest BCUT2D eigenvalue weighted by Crippen LogP contribution is 2.33. The number of hydrogen-bond donors (Lipinski definition) is 1. The third-order valence-corrected chi connectivity index (χ3v) is 6.37. The van der Waals surface area contributed by atoms with Gasteiger partial charge in [-0.2, -0.15) is 0 Å². The van der Waals surface area contributed by atoms with Gasteiger partial charge in [0.2, 0.25) is 0 Å². The number of aromatic amines is 1. The van der Waals surface area contributed by atoms with Gasteiger partial charge in [-0.25, -0.2) is 4.98 Å². The van der Waals surface area contributed by atoms with Crippen LogP contribution in [0.25, 0.3) is 32.9 Å². The van der Waals surface area contributed by atoms with Gasteiger partial charge in [0.1, 0.15) is 17.3 Å². The Balaban J connectivity index is 1.23. The molecule has 4 aromatic rings. The van der Waals surface area contributed by atoms with Crippen molar-refractivity contribution in [2.24, 2.45) is 10.1 Å². The Kier molecular flexibility index (Phi) is 7.87. The maximum atomic E-state index is 8.35. The Morgan fingerprint density at radius 1 is 0.947 bits per heavy atom. The van der Waals surface area contributed by atoms with Crippen LogP contribution in [0.15, 0.2) is 70.8 Å². The van der Waals surface area contributed by atoms with E-state index in [1.54, 1.807) is 0 Å². The zero-order chi connectivity index (χ0) is 26.3. The summed E-state index contributed by atoms with van der Waals surface area (Å²) in [5.41, 5.74) is 15.5. The third kappa shape index (κ3) is 6.14. The van der Waals surface area contributed by atoms with Gasteiger partial charge in [-0.1, -0.05) is 35.4 Å². The van der Waals surface area contributed by atoms with Crippen molar-refractivity contribution in [3.8, 4) is 22.9 Å². The number of H-pyrrole nitrogens is 1. The molecule has 0 spiro atoms. The standard InChI is InChI=1S/C29H31N7O2/c1-36(2)14-4-16-38-23-10-9-22-17-26(32-27(22)18-23)20-5-7-21(8-6-20)29-33-25-12-11-24(19-28(25)34-29)37-15-3-13-31-35-30/h5-12,18-19H,3-4,13-17H2,1-2H3,(H,33,34). The molecule has 1 N–H and O–H groups in total. The van der Waals surface area contributed by atoms with Gasteiger partial charge in [0.25, 0.3) is 0 Å². The second kappa shape index (κ2) is 11.8. The number of rotatable bonds is 12. The van der Waals surface area contributed by atoms with Crippen LogP contribution in [0.3, 0.4) is 0 Å². The van der Waals surface area contributed by atoms with Crippen LogP contribution in [0.2, 0.25) is 0 Å². The summed E-state index contributed by atoms with van der Waals surface area (Å²) in [7, 11) is 4.14. The van der Waals surface area contributed by atoms with Gasteiger partial charge in [-0.3, -0.25) is 4.99 Å². The molecular weight excluding hydrogens is 478 g/mol. The monoisotopic (exact) mass is 509 g/mol. The van der Waals surface area contributed by atoms with Crippen LogP contribution < -0.4 is 9.47 Å². The first-order chi connectivity index (χ1) is 18.6. The summed E-state index contributed by atoms with van der Waals surface area (Å²) in [4.78, 5) is 17.9. The fourth-order valence-corrected chi connectivity index (χ4v) is 4.40. The van der Waals surface area contributed by atoms with Crippen molar-refractivity contribution in [1.29, 1.82) is 0 Å². The van der Waals surface area contributed by atoms with Crippen molar-refractivity contribution >= 4 is 22.4 Å². The third-order valence-electron chi connectivity index (χ3n) is 6.37. The lowest BCUT2D eigenvalue weighted by Gasteiger charge is -2.10. The van der Waals surface area contributed by atoms with E-state index in [9.17, 15) is 0 Å². The van der Waals surface area contributed by atoms with Crippen molar-refractivity contribution in [2.45, 2.75) is 19.3 Å². The van der Waals surface area contributed by atoms with E-state index in [1.807, 2.05) is 30.3 Å². The van der Waals surface area contributed by atoms with Gasteiger partial charge in [0, 0.05) is 42.1 Å². The number of imidazole rings is 1. The van der Waals surface area contributed by atoms with Crippen molar-refractivity contribution in [3.63, 3.8) is 0 Å². The number of benzene rings is 3. The van der Waals surface area contributed by atoms with Crippen LogP contribution in [0, 0.1) is 0 Å². The quantitative estimate of drug-likeness (QED) is 0.104. The summed E-state index contributed by atoms with van der Waals surface area (Å²) in [6, 6.07) is 20.3. The van der Waals surface area contributed by atoms with Crippen LogP contribution in [-0.2, 0) is 6.42 Å². The van der Waals surface area contributed by atoms with Crippen LogP contribution in [0.4, 0.5) is 5.69 Å². The number of nitrogens with one attached hydrogen (secondary N) is 1. The van der Waals surface area contributed by atoms with Crippen molar-refractivity contribution in [1.82, 2.24) is 14.9 Å². The molecule has 9 heteroatoms. The normalized spacial score (nSPS) is 12.3. The Labute approximate surface area is 221 Å². The number of aromatic nitrogens is 2. The minimum atomic E-state index is 0.425. The molecule has 0 atom stereocenters. The van der Waals surface area contributed by atoms with Gasteiger partial charge < -0.3 is 19.4 Å². The average molecular weight is 510 g/mol. The largest absolute Gasteiger partial charge is 0.494 e. The smallest absolute Gasteiger partial charge is 0.138 e. The highest BCUT2D eigenvalue weighted by atomic mass is 16.5. The minimum absolute atomic E-state index is 0.425. The number of ether oxygens (including phenoxy) is 2. The van der Waals surface area contributed by atoms with Crippen LogP contribution in [-0.4, -0.2) is 61.0 Å². The van der Waals surface area contributed by atoms with Crippen molar-refractivity contribution < 1.29 is 9.47 Å². The molecule has 0 radical (unpaired) electrons.